The van der Waals surface area contributed by atoms with Crippen molar-refractivity contribution in [3.63, 3.8) is 0 Å². The maximum atomic E-state index is 5.65. The Balaban J connectivity index is 1.89. The Morgan fingerprint density at radius 1 is 1.53 bits per heavy atom. The van der Waals surface area contributed by atoms with Gasteiger partial charge in [-0.3, -0.25) is 4.90 Å². The molecule has 1 N–H and O–H groups in total. The number of aryl methyl sites for hydroxylation is 1. The highest BCUT2D eigenvalue weighted by Crippen LogP contribution is 2.15. The predicted octanol–water partition coefficient (Wildman–Crippen LogP) is 2.41. The van der Waals surface area contributed by atoms with Crippen LogP contribution in [0.3, 0.4) is 0 Å². The molecule has 3 nitrogen and oxygen atoms in total. The van der Waals surface area contributed by atoms with Crippen molar-refractivity contribution in [2.45, 2.75) is 39.8 Å². The highest BCUT2D eigenvalue weighted by Gasteiger charge is 2.23. The number of furan rings is 1. The van der Waals surface area contributed by atoms with Crippen LogP contribution < -0.4 is 5.32 Å². The van der Waals surface area contributed by atoms with Crippen LogP contribution in [0.15, 0.2) is 16.5 Å². The summed E-state index contributed by atoms with van der Waals surface area (Å²) in [6, 6.07) is 4.77. The lowest BCUT2D eigenvalue weighted by atomic mass is 9.97. The van der Waals surface area contributed by atoms with Crippen LogP contribution in [-0.4, -0.2) is 30.6 Å². The fraction of sp³-hybridized carbons (Fsp3) is 0.714. The van der Waals surface area contributed by atoms with Crippen LogP contribution in [0.2, 0.25) is 0 Å². The molecular weight excluding hydrogens is 212 g/mol. The summed E-state index contributed by atoms with van der Waals surface area (Å²) in [7, 11) is 0. The summed E-state index contributed by atoms with van der Waals surface area (Å²) in [5.74, 6) is 2.84. The molecule has 3 heteroatoms. The molecule has 2 atom stereocenters. The number of nitrogens with one attached hydrogen (secondary N) is 1. The largest absolute Gasteiger partial charge is 0.465 e. The van der Waals surface area contributed by atoms with Crippen molar-refractivity contribution in [2.24, 2.45) is 5.92 Å². The van der Waals surface area contributed by atoms with Gasteiger partial charge in [-0.15, -0.1) is 0 Å². The van der Waals surface area contributed by atoms with Crippen molar-refractivity contribution >= 4 is 0 Å². The minimum absolute atomic E-state index is 0.629. The molecule has 17 heavy (non-hydrogen) atoms. The molecule has 0 amide bonds. The lowest BCUT2D eigenvalue weighted by Gasteiger charge is -2.36. The second-order valence-electron chi connectivity index (χ2n) is 5.19. The fourth-order valence-electron chi connectivity index (χ4n) is 2.44. The SMILES string of the molecule is CCC(C)C1CN(Cc2ccc(C)o2)CCN1. The standard InChI is InChI=1S/C14H24N2O/c1-4-11(2)14-10-16(8-7-15-14)9-13-6-5-12(3)17-13/h5-6,11,14-15H,4,7-10H2,1-3H3. The van der Waals surface area contributed by atoms with Crippen molar-refractivity contribution < 1.29 is 4.42 Å². The molecule has 0 aromatic carbocycles. The number of hydrogen-bond donors (Lipinski definition) is 1. The maximum absolute atomic E-state index is 5.65. The van der Waals surface area contributed by atoms with Crippen LogP contribution in [-0.2, 0) is 6.54 Å². The van der Waals surface area contributed by atoms with Crippen molar-refractivity contribution in [1.82, 2.24) is 10.2 Å². The molecule has 0 bridgehead atoms. The molecule has 0 spiro atoms. The molecule has 1 fully saturated rings. The van der Waals surface area contributed by atoms with Crippen LogP contribution >= 0.6 is 0 Å². The average molecular weight is 236 g/mol. The molecule has 1 aromatic rings. The van der Waals surface area contributed by atoms with E-state index in [-0.39, 0.29) is 0 Å². The van der Waals surface area contributed by atoms with Gasteiger partial charge in [-0.25, -0.2) is 0 Å². The summed E-state index contributed by atoms with van der Waals surface area (Å²) in [4.78, 5) is 2.49. The second kappa shape index (κ2) is 5.69. The van der Waals surface area contributed by atoms with E-state index in [1.54, 1.807) is 0 Å². The lowest BCUT2D eigenvalue weighted by Crippen LogP contribution is -2.52. The Morgan fingerprint density at radius 3 is 3.00 bits per heavy atom. The van der Waals surface area contributed by atoms with Crippen LogP contribution in [0.4, 0.5) is 0 Å². The van der Waals surface area contributed by atoms with E-state index < -0.39 is 0 Å². The fourth-order valence-corrected chi connectivity index (χ4v) is 2.44. The van der Waals surface area contributed by atoms with E-state index >= 15 is 0 Å². The van der Waals surface area contributed by atoms with Gasteiger partial charge in [0.25, 0.3) is 0 Å². The Labute approximate surface area is 104 Å². The van der Waals surface area contributed by atoms with Gasteiger partial charge >= 0.3 is 0 Å². The van der Waals surface area contributed by atoms with Crippen molar-refractivity contribution in [2.75, 3.05) is 19.6 Å². The summed E-state index contributed by atoms with van der Waals surface area (Å²) in [5, 5.41) is 3.62. The van der Waals surface area contributed by atoms with Crippen LogP contribution in [0.1, 0.15) is 31.8 Å². The molecule has 1 saturated heterocycles. The molecule has 2 rings (SSSR count). The summed E-state index contributed by atoms with van der Waals surface area (Å²) in [6.07, 6.45) is 1.24. The molecular formula is C14H24N2O. The Morgan fingerprint density at radius 2 is 2.35 bits per heavy atom. The van der Waals surface area contributed by atoms with Crippen molar-refractivity contribution in [3.05, 3.63) is 23.7 Å². The van der Waals surface area contributed by atoms with E-state index in [4.69, 9.17) is 4.42 Å². The second-order valence-corrected chi connectivity index (χ2v) is 5.19. The molecule has 1 aromatic heterocycles. The van der Waals surface area contributed by atoms with Gasteiger partial charge in [0.15, 0.2) is 0 Å². The van der Waals surface area contributed by atoms with Crippen LogP contribution in [0.5, 0.6) is 0 Å². The number of rotatable bonds is 4. The smallest absolute Gasteiger partial charge is 0.118 e. The zero-order valence-corrected chi connectivity index (χ0v) is 11.2. The summed E-state index contributed by atoms with van der Waals surface area (Å²) < 4.78 is 5.65. The zero-order chi connectivity index (χ0) is 12.3. The van der Waals surface area contributed by atoms with Gasteiger partial charge in [0, 0.05) is 25.7 Å². The predicted molar refractivity (Wildman–Crippen MR) is 70.0 cm³/mol. The minimum atomic E-state index is 0.629. The highest BCUT2D eigenvalue weighted by molar-refractivity contribution is 5.05. The molecule has 1 aliphatic rings. The van der Waals surface area contributed by atoms with Gasteiger partial charge in [0.05, 0.1) is 6.54 Å². The highest BCUT2D eigenvalue weighted by atomic mass is 16.3. The molecule has 0 aliphatic carbocycles. The van der Waals surface area contributed by atoms with Crippen molar-refractivity contribution in [3.8, 4) is 0 Å². The third-order valence-electron chi connectivity index (χ3n) is 3.80. The van der Waals surface area contributed by atoms with E-state index in [1.807, 2.05) is 13.0 Å². The van der Waals surface area contributed by atoms with Crippen LogP contribution in [0, 0.1) is 12.8 Å². The minimum Gasteiger partial charge on any atom is -0.465 e. The summed E-state index contributed by atoms with van der Waals surface area (Å²) in [6.45, 7) is 10.9. The van der Waals surface area contributed by atoms with E-state index in [9.17, 15) is 0 Å². The van der Waals surface area contributed by atoms with Gasteiger partial charge in [0.1, 0.15) is 11.5 Å². The van der Waals surface area contributed by atoms with Crippen LogP contribution in [0.25, 0.3) is 0 Å². The quantitative estimate of drug-likeness (QED) is 0.870. The van der Waals surface area contributed by atoms with E-state index in [0.29, 0.717) is 6.04 Å². The third-order valence-corrected chi connectivity index (χ3v) is 3.80. The first-order valence-electron chi connectivity index (χ1n) is 6.70. The van der Waals surface area contributed by atoms with Gasteiger partial charge in [-0.05, 0) is 25.0 Å². The topological polar surface area (TPSA) is 28.4 Å². The Kier molecular flexibility index (Phi) is 4.24. The average Bonchev–Trinajstić information content (AvgIpc) is 2.74. The normalized spacial score (nSPS) is 23.8. The first-order valence-corrected chi connectivity index (χ1v) is 6.70. The van der Waals surface area contributed by atoms with E-state index in [2.05, 4.69) is 30.1 Å². The maximum Gasteiger partial charge on any atom is 0.118 e. The molecule has 0 radical (unpaired) electrons. The lowest BCUT2D eigenvalue weighted by molar-refractivity contribution is 0.153. The number of nitrogens with zero attached hydrogens (tertiary/aromatic N) is 1. The van der Waals surface area contributed by atoms with Gasteiger partial charge in [-0.2, -0.15) is 0 Å². The molecule has 96 valence electrons. The molecule has 0 saturated carbocycles. The first-order chi connectivity index (χ1) is 8.19. The number of hydrogen-bond acceptors (Lipinski definition) is 3. The van der Waals surface area contributed by atoms with E-state index in [0.717, 1.165) is 43.6 Å². The van der Waals surface area contributed by atoms with Gasteiger partial charge < -0.3 is 9.73 Å². The summed E-state index contributed by atoms with van der Waals surface area (Å²) >= 11 is 0. The van der Waals surface area contributed by atoms with E-state index in [1.165, 1.54) is 6.42 Å². The number of piperazine rings is 1. The zero-order valence-electron chi connectivity index (χ0n) is 11.2. The third kappa shape index (κ3) is 3.33. The molecule has 2 unspecified atom stereocenters. The summed E-state index contributed by atoms with van der Waals surface area (Å²) in [5.41, 5.74) is 0. The van der Waals surface area contributed by atoms with Gasteiger partial charge in [0.2, 0.25) is 0 Å². The first kappa shape index (κ1) is 12.7. The monoisotopic (exact) mass is 236 g/mol. The Hall–Kier alpha value is -0.800. The molecule has 1 aliphatic heterocycles. The Bertz CT molecular complexity index is 348. The van der Waals surface area contributed by atoms with Crippen molar-refractivity contribution in [1.29, 1.82) is 0 Å². The van der Waals surface area contributed by atoms with Gasteiger partial charge in [-0.1, -0.05) is 20.3 Å². The molecule has 2 heterocycles.